The summed E-state index contributed by atoms with van der Waals surface area (Å²) in [5, 5.41) is 0. The van der Waals surface area contributed by atoms with Crippen molar-refractivity contribution in [3.63, 3.8) is 0 Å². The molecule has 0 rings (SSSR count). The molecule has 6 nitrogen and oxygen atoms in total. The monoisotopic (exact) mass is 891 g/mol. The SMILES string of the molecule is CC\C=C/C=C\C=C/C=C\CCCCCCCC(=O)OC(COC(=O)CCCCCCCCC/C=C\C/C=C\CC)COC(=O)CCCCCCCCC/C=C\CCCCCCCC. The minimum atomic E-state index is -0.794. The van der Waals surface area contributed by atoms with E-state index >= 15 is 0 Å². The Hall–Kier alpha value is -3.41. The molecule has 0 aliphatic heterocycles. The Kier molecular flexibility index (Phi) is 49.4. The van der Waals surface area contributed by atoms with Gasteiger partial charge in [0.2, 0.25) is 0 Å². The summed E-state index contributed by atoms with van der Waals surface area (Å²) in [5.74, 6) is -0.926. The molecule has 64 heavy (non-hydrogen) atoms. The zero-order valence-corrected chi connectivity index (χ0v) is 41.8. The van der Waals surface area contributed by atoms with Crippen molar-refractivity contribution in [1.82, 2.24) is 0 Å². The average Bonchev–Trinajstić information content (AvgIpc) is 3.29. The van der Waals surface area contributed by atoms with Gasteiger partial charge in [-0.3, -0.25) is 14.4 Å². The normalized spacial score (nSPS) is 12.7. The van der Waals surface area contributed by atoms with Gasteiger partial charge in [0.05, 0.1) is 0 Å². The molecule has 366 valence electrons. The molecule has 0 N–H and O–H groups in total. The van der Waals surface area contributed by atoms with E-state index in [1.165, 1.54) is 103 Å². The molecule has 1 atom stereocenters. The van der Waals surface area contributed by atoms with Crippen LogP contribution in [0.5, 0.6) is 0 Å². The van der Waals surface area contributed by atoms with Crippen molar-refractivity contribution in [2.75, 3.05) is 13.2 Å². The molecular formula is C58H98O6. The Labute approximate surface area is 395 Å². The molecule has 6 heteroatoms. The molecule has 0 saturated carbocycles. The summed E-state index contributed by atoms with van der Waals surface area (Å²) in [7, 11) is 0. The molecule has 0 amide bonds. The van der Waals surface area contributed by atoms with Crippen LogP contribution in [0.15, 0.2) is 85.1 Å². The van der Waals surface area contributed by atoms with Crippen molar-refractivity contribution in [3.8, 4) is 0 Å². The fourth-order valence-corrected chi connectivity index (χ4v) is 7.25. The summed E-state index contributed by atoms with van der Waals surface area (Å²) in [6, 6.07) is 0. The van der Waals surface area contributed by atoms with E-state index in [4.69, 9.17) is 14.2 Å². The van der Waals surface area contributed by atoms with E-state index < -0.39 is 6.10 Å². The molecule has 0 aromatic rings. The summed E-state index contributed by atoms with van der Waals surface area (Å²) < 4.78 is 16.8. The third-order valence-electron chi connectivity index (χ3n) is 11.2. The molecule has 0 fully saturated rings. The Morgan fingerprint density at radius 2 is 0.688 bits per heavy atom. The van der Waals surface area contributed by atoms with Gasteiger partial charge in [-0.05, 0) is 89.9 Å². The van der Waals surface area contributed by atoms with Crippen LogP contribution in [0, 0.1) is 0 Å². The van der Waals surface area contributed by atoms with Crippen molar-refractivity contribution in [1.29, 1.82) is 0 Å². The Bertz CT molecular complexity index is 1250. The molecule has 0 saturated heterocycles. The van der Waals surface area contributed by atoms with Crippen LogP contribution in [0.3, 0.4) is 0 Å². The average molecular weight is 891 g/mol. The summed E-state index contributed by atoms with van der Waals surface area (Å²) in [4.78, 5) is 38.0. The number of hydrogen-bond donors (Lipinski definition) is 0. The van der Waals surface area contributed by atoms with Gasteiger partial charge >= 0.3 is 17.9 Å². The van der Waals surface area contributed by atoms with Crippen LogP contribution >= 0.6 is 0 Å². The summed E-state index contributed by atoms with van der Waals surface area (Å²) in [5.41, 5.74) is 0. The maximum atomic E-state index is 12.8. The zero-order chi connectivity index (χ0) is 46.5. The number of esters is 3. The van der Waals surface area contributed by atoms with E-state index in [-0.39, 0.29) is 31.1 Å². The molecule has 1 unspecified atom stereocenters. The fourth-order valence-electron chi connectivity index (χ4n) is 7.25. The maximum absolute atomic E-state index is 12.8. The van der Waals surface area contributed by atoms with Crippen LogP contribution in [-0.2, 0) is 28.6 Å². The quantitative estimate of drug-likeness (QED) is 0.0199. The standard InChI is InChI=1S/C58H98O6/c1-4-7-10-13-16-19-22-25-28-29-31-33-36-39-42-45-48-51-57(60)63-54-55(53-62-56(59)50-47-44-41-38-35-32-27-24-21-18-15-12-9-6-3)64-58(61)52-49-46-43-40-37-34-30-26-23-20-17-14-11-8-5-2/h8-9,11-12,14,17-18,20-21,23,25-26,28,30,55H,4-7,10,13,15-16,19,22,24,27,29,31-54H2,1-3H3/b11-8-,12-9-,17-14-,21-18-,23-20-,28-25-,30-26-. The minimum Gasteiger partial charge on any atom is -0.462 e. The second-order valence-electron chi connectivity index (χ2n) is 17.5. The van der Waals surface area contributed by atoms with E-state index in [1.54, 1.807) is 0 Å². The molecule has 0 aliphatic rings. The van der Waals surface area contributed by atoms with Gasteiger partial charge in [-0.1, -0.05) is 221 Å². The van der Waals surface area contributed by atoms with E-state index in [9.17, 15) is 14.4 Å². The number of ether oxygens (including phenoxy) is 3. The predicted octanol–water partition coefficient (Wildman–Crippen LogP) is 17.6. The second kappa shape index (κ2) is 52.2. The summed E-state index contributed by atoms with van der Waals surface area (Å²) >= 11 is 0. The lowest BCUT2D eigenvalue weighted by Crippen LogP contribution is -2.30. The van der Waals surface area contributed by atoms with E-state index in [2.05, 4.69) is 87.6 Å². The molecule has 0 aromatic heterocycles. The third-order valence-corrected chi connectivity index (χ3v) is 11.2. The smallest absolute Gasteiger partial charge is 0.306 e. The van der Waals surface area contributed by atoms with Gasteiger partial charge in [0, 0.05) is 19.3 Å². The molecular weight excluding hydrogens is 793 g/mol. The van der Waals surface area contributed by atoms with Crippen LogP contribution in [-0.4, -0.2) is 37.2 Å². The lowest BCUT2D eigenvalue weighted by molar-refractivity contribution is -0.167. The first-order valence-corrected chi connectivity index (χ1v) is 26.6. The van der Waals surface area contributed by atoms with Crippen LogP contribution in [0.25, 0.3) is 0 Å². The van der Waals surface area contributed by atoms with Gasteiger partial charge in [-0.15, -0.1) is 0 Å². The highest BCUT2D eigenvalue weighted by Gasteiger charge is 2.19. The molecule has 0 radical (unpaired) electrons. The number of allylic oxidation sites excluding steroid dienone is 14. The Morgan fingerprint density at radius 1 is 0.344 bits per heavy atom. The first kappa shape index (κ1) is 60.6. The number of carbonyl (C=O) groups is 3. The Balaban J connectivity index is 4.43. The first-order chi connectivity index (χ1) is 31.5. The largest absolute Gasteiger partial charge is 0.462 e. The van der Waals surface area contributed by atoms with Gasteiger partial charge in [-0.25, -0.2) is 0 Å². The highest BCUT2D eigenvalue weighted by Crippen LogP contribution is 2.14. The number of rotatable bonds is 47. The summed E-state index contributed by atoms with van der Waals surface area (Å²) in [6.07, 6.45) is 67.1. The number of hydrogen-bond acceptors (Lipinski definition) is 6. The predicted molar refractivity (Wildman–Crippen MR) is 274 cm³/mol. The minimum absolute atomic E-state index is 0.0914. The van der Waals surface area contributed by atoms with Crippen molar-refractivity contribution < 1.29 is 28.6 Å². The van der Waals surface area contributed by atoms with Gasteiger partial charge in [-0.2, -0.15) is 0 Å². The number of unbranched alkanes of at least 4 members (excludes halogenated alkanes) is 25. The lowest BCUT2D eigenvalue weighted by atomic mass is 10.1. The van der Waals surface area contributed by atoms with Crippen LogP contribution in [0.4, 0.5) is 0 Å². The topological polar surface area (TPSA) is 78.9 Å². The van der Waals surface area contributed by atoms with E-state index in [0.29, 0.717) is 19.3 Å². The van der Waals surface area contributed by atoms with Gasteiger partial charge < -0.3 is 14.2 Å². The molecule has 0 aromatic carbocycles. The molecule has 0 heterocycles. The maximum Gasteiger partial charge on any atom is 0.306 e. The highest BCUT2D eigenvalue weighted by molar-refractivity contribution is 5.71. The second-order valence-corrected chi connectivity index (χ2v) is 17.5. The highest BCUT2D eigenvalue weighted by atomic mass is 16.6. The van der Waals surface area contributed by atoms with Crippen molar-refractivity contribution >= 4 is 17.9 Å². The van der Waals surface area contributed by atoms with Crippen LogP contribution in [0.2, 0.25) is 0 Å². The first-order valence-electron chi connectivity index (χ1n) is 26.6. The molecule has 0 aliphatic carbocycles. The Morgan fingerprint density at radius 3 is 1.14 bits per heavy atom. The van der Waals surface area contributed by atoms with Crippen molar-refractivity contribution in [3.05, 3.63) is 85.1 Å². The van der Waals surface area contributed by atoms with E-state index in [0.717, 1.165) is 103 Å². The van der Waals surface area contributed by atoms with Crippen LogP contribution < -0.4 is 0 Å². The van der Waals surface area contributed by atoms with Crippen molar-refractivity contribution in [2.24, 2.45) is 0 Å². The van der Waals surface area contributed by atoms with Crippen LogP contribution in [0.1, 0.15) is 245 Å². The lowest BCUT2D eigenvalue weighted by Gasteiger charge is -2.18. The van der Waals surface area contributed by atoms with E-state index in [1.807, 2.05) is 18.2 Å². The van der Waals surface area contributed by atoms with Gasteiger partial charge in [0.15, 0.2) is 6.10 Å². The van der Waals surface area contributed by atoms with Gasteiger partial charge in [0.25, 0.3) is 0 Å². The summed E-state index contributed by atoms with van der Waals surface area (Å²) in [6.45, 7) is 6.36. The molecule has 0 bridgehead atoms. The molecule has 0 spiro atoms. The van der Waals surface area contributed by atoms with Crippen molar-refractivity contribution in [2.45, 2.75) is 252 Å². The third kappa shape index (κ3) is 49.6. The number of carbonyl (C=O) groups excluding carboxylic acids is 3. The fraction of sp³-hybridized carbons (Fsp3) is 0.707. The van der Waals surface area contributed by atoms with Gasteiger partial charge in [0.1, 0.15) is 13.2 Å². The zero-order valence-electron chi connectivity index (χ0n) is 41.8.